The Morgan fingerprint density at radius 3 is 2.21 bits per heavy atom. The van der Waals surface area contributed by atoms with Gasteiger partial charge in [0, 0.05) is 29.9 Å². The van der Waals surface area contributed by atoms with Gasteiger partial charge in [-0.05, 0) is 62.2 Å². The maximum absolute atomic E-state index is 13.1. The van der Waals surface area contributed by atoms with Gasteiger partial charge in [-0.3, -0.25) is 9.59 Å². The van der Waals surface area contributed by atoms with E-state index in [1.165, 1.54) is 5.56 Å². The van der Waals surface area contributed by atoms with Crippen LogP contribution in [0.2, 0.25) is 0 Å². The summed E-state index contributed by atoms with van der Waals surface area (Å²) in [6.45, 7) is 6.97. The van der Waals surface area contributed by atoms with Crippen LogP contribution in [0.1, 0.15) is 44.3 Å². The normalized spacial score (nSPS) is 10.4. The Morgan fingerprint density at radius 2 is 1.52 bits per heavy atom. The van der Waals surface area contributed by atoms with Crippen molar-refractivity contribution in [2.75, 3.05) is 11.4 Å². The molecule has 0 saturated heterocycles. The molecule has 148 valence electrons. The fourth-order valence-corrected chi connectivity index (χ4v) is 3.18. The van der Waals surface area contributed by atoms with Crippen LogP contribution in [0.5, 0.6) is 0 Å². The lowest BCUT2D eigenvalue weighted by Crippen LogP contribution is -2.31. The van der Waals surface area contributed by atoms with Crippen LogP contribution in [-0.2, 0) is 6.54 Å². The van der Waals surface area contributed by atoms with Crippen LogP contribution >= 0.6 is 0 Å². The van der Waals surface area contributed by atoms with Gasteiger partial charge in [-0.25, -0.2) is 0 Å². The minimum Gasteiger partial charge on any atom is -0.348 e. The topological polar surface area (TPSA) is 49.4 Å². The maximum Gasteiger partial charge on any atom is 0.258 e. The lowest BCUT2D eigenvalue weighted by molar-refractivity contribution is 0.0951. The van der Waals surface area contributed by atoms with Crippen LogP contribution in [-0.4, -0.2) is 18.4 Å². The zero-order valence-corrected chi connectivity index (χ0v) is 17.1. The molecule has 0 aromatic heterocycles. The van der Waals surface area contributed by atoms with Crippen LogP contribution in [0.25, 0.3) is 0 Å². The standard InChI is InChI=1S/C25H26N2O2/c1-4-27(23-10-5-7-19(3)15-23)25(29)22-9-6-8-21(16-22)24(28)26-17-20-13-11-18(2)12-14-20/h5-16H,4,17H2,1-3H3,(H,26,28). The molecule has 0 aliphatic carbocycles. The number of aryl methyl sites for hydroxylation is 2. The summed E-state index contributed by atoms with van der Waals surface area (Å²) in [5.74, 6) is -0.315. The van der Waals surface area contributed by atoms with Gasteiger partial charge in [0.15, 0.2) is 0 Å². The van der Waals surface area contributed by atoms with Crippen molar-refractivity contribution in [3.05, 3.63) is 101 Å². The monoisotopic (exact) mass is 386 g/mol. The van der Waals surface area contributed by atoms with Crippen molar-refractivity contribution in [3.63, 3.8) is 0 Å². The van der Waals surface area contributed by atoms with E-state index >= 15 is 0 Å². The number of carbonyl (C=O) groups is 2. The van der Waals surface area contributed by atoms with Crippen molar-refractivity contribution in [2.24, 2.45) is 0 Å². The highest BCUT2D eigenvalue weighted by Gasteiger charge is 2.17. The highest BCUT2D eigenvalue weighted by Crippen LogP contribution is 2.19. The van der Waals surface area contributed by atoms with Crippen molar-refractivity contribution in [1.29, 1.82) is 0 Å². The smallest absolute Gasteiger partial charge is 0.258 e. The fourth-order valence-electron chi connectivity index (χ4n) is 3.18. The van der Waals surface area contributed by atoms with Gasteiger partial charge < -0.3 is 10.2 Å². The first-order valence-electron chi connectivity index (χ1n) is 9.80. The number of amides is 2. The minimum atomic E-state index is -0.196. The molecule has 4 nitrogen and oxygen atoms in total. The Hall–Kier alpha value is -3.40. The number of anilines is 1. The van der Waals surface area contributed by atoms with E-state index in [0.29, 0.717) is 24.2 Å². The summed E-state index contributed by atoms with van der Waals surface area (Å²) in [5, 5.41) is 2.92. The molecule has 0 atom stereocenters. The van der Waals surface area contributed by atoms with E-state index in [2.05, 4.69) is 5.32 Å². The molecule has 3 rings (SSSR count). The molecular weight excluding hydrogens is 360 g/mol. The lowest BCUT2D eigenvalue weighted by Gasteiger charge is -2.22. The van der Waals surface area contributed by atoms with E-state index in [4.69, 9.17) is 0 Å². The lowest BCUT2D eigenvalue weighted by atomic mass is 10.1. The first-order valence-corrected chi connectivity index (χ1v) is 9.80. The maximum atomic E-state index is 13.1. The van der Waals surface area contributed by atoms with Crippen LogP contribution in [0.3, 0.4) is 0 Å². The molecule has 0 saturated carbocycles. The van der Waals surface area contributed by atoms with Crippen molar-refractivity contribution >= 4 is 17.5 Å². The summed E-state index contributed by atoms with van der Waals surface area (Å²) in [7, 11) is 0. The second-order valence-corrected chi connectivity index (χ2v) is 7.14. The third-order valence-electron chi connectivity index (χ3n) is 4.82. The number of hydrogen-bond acceptors (Lipinski definition) is 2. The predicted octanol–water partition coefficient (Wildman–Crippen LogP) is 4.90. The van der Waals surface area contributed by atoms with Gasteiger partial charge in [-0.15, -0.1) is 0 Å². The van der Waals surface area contributed by atoms with Crippen molar-refractivity contribution in [3.8, 4) is 0 Å². The molecule has 3 aromatic rings. The molecule has 0 spiro atoms. The number of benzene rings is 3. The Kier molecular flexibility index (Phi) is 6.45. The summed E-state index contributed by atoms with van der Waals surface area (Å²) >= 11 is 0. The molecule has 4 heteroatoms. The van der Waals surface area contributed by atoms with E-state index in [9.17, 15) is 9.59 Å². The fraction of sp³-hybridized carbons (Fsp3) is 0.200. The van der Waals surface area contributed by atoms with E-state index in [0.717, 1.165) is 16.8 Å². The molecule has 0 radical (unpaired) electrons. The first-order chi connectivity index (χ1) is 14.0. The summed E-state index contributed by atoms with van der Waals surface area (Å²) in [6, 6.07) is 22.8. The van der Waals surface area contributed by atoms with Gasteiger partial charge in [0.1, 0.15) is 0 Å². The SMILES string of the molecule is CCN(C(=O)c1cccc(C(=O)NCc2ccc(C)cc2)c1)c1cccc(C)c1. The molecule has 0 unspecified atom stereocenters. The zero-order valence-electron chi connectivity index (χ0n) is 17.1. The Bertz CT molecular complexity index is 1010. The van der Waals surface area contributed by atoms with Gasteiger partial charge in [0.2, 0.25) is 0 Å². The molecule has 29 heavy (non-hydrogen) atoms. The molecule has 1 N–H and O–H groups in total. The molecule has 0 fully saturated rings. The van der Waals surface area contributed by atoms with E-state index < -0.39 is 0 Å². The van der Waals surface area contributed by atoms with E-state index in [-0.39, 0.29) is 11.8 Å². The largest absolute Gasteiger partial charge is 0.348 e. The van der Waals surface area contributed by atoms with Crippen molar-refractivity contribution in [1.82, 2.24) is 5.32 Å². The van der Waals surface area contributed by atoms with Gasteiger partial charge >= 0.3 is 0 Å². The van der Waals surface area contributed by atoms with Crippen LogP contribution < -0.4 is 10.2 Å². The number of rotatable bonds is 6. The molecule has 0 aliphatic heterocycles. The van der Waals surface area contributed by atoms with Crippen LogP contribution in [0.4, 0.5) is 5.69 Å². The molecule has 2 amide bonds. The number of nitrogens with one attached hydrogen (secondary N) is 1. The van der Waals surface area contributed by atoms with Crippen molar-refractivity contribution in [2.45, 2.75) is 27.3 Å². The van der Waals surface area contributed by atoms with Gasteiger partial charge in [-0.1, -0.05) is 48.0 Å². The number of nitrogens with zero attached hydrogens (tertiary/aromatic N) is 1. The second kappa shape index (κ2) is 9.20. The highest BCUT2D eigenvalue weighted by atomic mass is 16.2. The highest BCUT2D eigenvalue weighted by molar-refractivity contribution is 6.07. The second-order valence-electron chi connectivity index (χ2n) is 7.14. The molecule has 0 heterocycles. The molecule has 0 bridgehead atoms. The number of hydrogen-bond donors (Lipinski definition) is 1. The average Bonchev–Trinajstić information content (AvgIpc) is 2.74. The van der Waals surface area contributed by atoms with Crippen molar-refractivity contribution < 1.29 is 9.59 Å². The zero-order chi connectivity index (χ0) is 20.8. The van der Waals surface area contributed by atoms with E-state index in [1.807, 2.05) is 69.3 Å². The van der Waals surface area contributed by atoms with Crippen LogP contribution in [0, 0.1) is 13.8 Å². The average molecular weight is 386 g/mol. The summed E-state index contributed by atoms with van der Waals surface area (Å²) in [6.07, 6.45) is 0. The Labute approximate surface area is 172 Å². The third kappa shape index (κ3) is 5.11. The molecule has 0 aliphatic rings. The third-order valence-corrected chi connectivity index (χ3v) is 4.82. The summed E-state index contributed by atoms with van der Waals surface area (Å²) in [4.78, 5) is 27.4. The van der Waals surface area contributed by atoms with Gasteiger partial charge in [-0.2, -0.15) is 0 Å². The van der Waals surface area contributed by atoms with Crippen LogP contribution in [0.15, 0.2) is 72.8 Å². The number of carbonyl (C=O) groups excluding carboxylic acids is 2. The molecule has 3 aromatic carbocycles. The Balaban J connectivity index is 1.74. The van der Waals surface area contributed by atoms with Gasteiger partial charge in [0.25, 0.3) is 11.8 Å². The predicted molar refractivity (Wildman–Crippen MR) is 117 cm³/mol. The minimum absolute atomic E-state index is 0.119. The quantitative estimate of drug-likeness (QED) is 0.655. The first kappa shape index (κ1) is 20.3. The Morgan fingerprint density at radius 1 is 0.828 bits per heavy atom. The summed E-state index contributed by atoms with van der Waals surface area (Å²) < 4.78 is 0. The summed E-state index contributed by atoms with van der Waals surface area (Å²) in [5.41, 5.74) is 5.14. The molecular formula is C25H26N2O2. The van der Waals surface area contributed by atoms with E-state index in [1.54, 1.807) is 29.2 Å². The van der Waals surface area contributed by atoms with Gasteiger partial charge in [0.05, 0.1) is 0 Å².